The smallest absolute Gasteiger partial charge is 0.129 e. The van der Waals surface area contributed by atoms with Crippen LogP contribution in [0.15, 0.2) is 18.2 Å². The first-order valence-corrected chi connectivity index (χ1v) is 5.70. The zero-order chi connectivity index (χ0) is 11.5. The number of nitrogens with zero attached hydrogens (tertiary/aromatic N) is 2. The van der Waals surface area contributed by atoms with E-state index in [1.54, 1.807) is 0 Å². The first-order valence-electron chi connectivity index (χ1n) is 5.70. The monoisotopic (exact) mass is 218 g/mol. The average Bonchev–Trinajstić information content (AvgIpc) is 3.02. The van der Waals surface area contributed by atoms with Gasteiger partial charge in [0.15, 0.2) is 0 Å². The Balaban J connectivity index is 2.09. The highest BCUT2D eigenvalue weighted by molar-refractivity contribution is 5.77. The van der Waals surface area contributed by atoms with E-state index in [4.69, 9.17) is 11.1 Å². The molecule has 1 heterocycles. The van der Waals surface area contributed by atoms with Gasteiger partial charge >= 0.3 is 0 Å². The standard InChI is InChI=1S/C12H18N4/c1-9-3-2-4-12(15-9)16(10-5-6-10)8-7-11(13)14/h2-4,10H,5-8H2,1H3,(H3,13,14). The molecule has 1 aliphatic carbocycles. The van der Waals surface area contributed by atoms with E-state index >= 15 is 0 Å². The van der Waals surface area contributed by atoms with Gasteiger partial charge in [-0.15, -0.1) is 0 Å². The fourth-order valence-electron chi connectivity index (χ4n) is 1.80. The highest BCUT2D eigenvalue weighted by atomic mass is 15.2. The van der Waals surface area contributed by atoms with Gasteiger partial charge in [-0.3, -0.25) is 5.41 Å². The molecule has 16 heavy (non-hydrogen) atoms. The molecule has 0 unspecified atom stereocenters. The average molecular weight is 218 g/mol. The first kappa shape index (κ1) is 10.9. The first-order chi connectivity index (χ1) is 7.66. The molecule has 1 aromatic rings. The topological polar surface area (TPSA) is 66.0 Å². The van der Waals surface area contributed by atoms with Crippen molar-refractivity contribution in [3.63, 3.8) is 0 Å². The summed E-state index contributed by atoms with van der Waals surface area (Å²) in [5.74, 6) is 1.27. The van der Waals surface area contributed by atoms with E-state index < -0.39 is 0 Å². The third-order valence-corrected chi connectivity index (χ3v) is 2.78. The lowest BCUT2D eigenvalue weighted by Gasteiger charge is -2.23. The van der Waals surface area contributed by atoms with E-state index in [-0.39, 0.29) is 5.84 Å². The van der Waals surface area contributed by atoms with Crippen molar-refractivity contribution in [3.8, 4) is 0 Å². The number of amidine groups is 1. The Morgan fingerprint density at radius 2 is 2.31 bits per heavy atom. The van der Waals surface area contributed by atoms with Crippen molar-refractivity contribution < 1.29 is 0 Å². The van der Waals surface area contributed by atoms with Crippen LogP contribution in [-0.4, -0.2) is 23.4 Å². The predicted molar refractivity (Wildman–Crippen MR) is 65.9 cm³/mol. The highest BCUT2D eigenvalue weighted by Crippen LogP contribution is 2.30. The van der Waals surface area contributed by atoms with Crippen molar-refractivity contribution in [2.75, 3.05) is 11.4 Å². The summed E-state index contributed by atoms with van der Waals surface area (Å²) in [7, 11) is 0. The van der Waals surface area contributed by atoms with Crippen LogP contribution in [-0.2, 0) is 0 Å². The van der Waals surface area contributed by atoms with E-state index in [9.17, 15) is 0 Å². The van der Waals surface area contributed by atoms with Gasteiger partial charge in [0.1, 0.15) is 5.82 Å². The van der Waals surface area contributed by atoms with Gasteiger partial charge in [0.05, 0.1) is 5.84 Å². The molecule has 0 aromatic carbocycles. The molecule has 0 saturated heterocycles. The van der Waals surface area contributed by atoms with Crippen LogP contribution in [0.1, 0.15) is 25.0 Å². The molecule has 1 fully saturated rings. The van der Waals surface area contributed by atoms with Crippen molar-refractivity contribution in [1.29, 1.82) is 5.41 Å². The number of aromatic nitrogens is 1. The van der Waals surface area contributed by atoms with E-state index in [2.05, 4.69) is 9.88 Å². The van der Waals surface area contributed by atoms with Crippen LogP contribution in [0.25, 0.3) is 0 Å². The molecule has 0 aliphatic heterocycles. The molecule has 0 amide bonds. The summed E-state index contributed by atoms with van der Waals surface area (Å²) in [6.45, 7) is 2.80. The van der Waals surface area contributed by atoms with Crippen molar-refractivity contribution >= 4 is 11.7 Å². The van der Waals surface area contributed by atoms with E-state index in [0.717, 1.165) is 18.1 Å². The quantitative estimate of drug-likeness (QED) is 0.583. The normalized spacial score (nSPS) is 14.8. The van der Waals surface area contributed by atoms with Crippen LogP contribution in [0, 0.1) is 12.3 Å². The molecular formula is C12H18N4. The maximum absolute atomic E-state index is 7.28. The molecule has 3 N–H and O–H groups in total. The molecule has 0 radical (unpaired) electrons. The van der Waals surface area contributed by atoms with Crippen LogP contribution in [0.3, 0.4) is 0 Å². The van der Waals surface area contributed by atoms with Crippen LogP contribution in [0.5, 0.6) is 0 Å². The lowest BCUT2D eigenvalue weighted by molar-refractivity contribution is 0.779. The summed E-state index contributed by atoms with van der Waals surface area (Å²) in [6.07, 6.45) is 3.08. The zero-order valence-corrected chi connectivity index (χ0v) is 9.61. The lowest BCUT2D eigenvalue weighted by Crippen LogP contribution is -2.30. The minimum absolute atomic E-state index is 0.248. The van der Waals surface area contributed by atoms with Crippen molar-refractivity contribution in [2.24, 2.45) is 5.73 Å². The molecule has 0 spiro atoms. The largest absolute Gasteiger partial charge is 0.388 e. The Morgan fingerprint density at radius 3 is 2.88 bits per heavy atom. The summed E-state index contributed by atoms with van der Waals surface area (Å²) in [5, 5.41) is 7.28. The van der Waals surface area contributed by atoms with E-state index in [1.165, 1.54) is 12.8 Å². The van der Waals surface area contributed by atoms with Crippen LogP contribution < -0.4 is 10.6 Å². The van der Waals surface area contributed by atoms with Gasteiger partial charge in [-0.25, -0.2) is 4.98 Å². The molecule has 4 heteroatoms. The zero-order valence-electron chi connectivity index (χ0n) is 9.61. The van der Waals surface area contributed by atoms with Crippen molar-refractivity contribution in [3.05, 3.63) is 23.9 Å². The number of rotatable bonds is 5. The Kier molecular flexibility index (Phi) is 3.08. The van der Waals surface area contributed by atoms with Gasteiger partial charge < -0.3 is 10.6 Å². The predicted octanol–water partition coefficient (Wildman–Crippen LogP) is 1.68. The van der Waals surface area contributed by atoms with E-state index in [0.29, 0.717) is 12.5 Å². The molecule has 2 rings (SSSR count). The van der Waals surface area contributed by atoms with Crippen molar-refractivity contribution in [2.45, 2.75) is 32.2 Å². The van der Waals surface area contributed by atoms with Gasteiger partial charge in [-0.05, 0) is 31.9 Å². The number of nitrogens with one attached hydrogen (secondary N) is 1. The fraction of sp³-hybridized carbons (Fsp3) is 0.500. The summed E-state index contributed by atoms with van der Waals surface area (Å²) >= 11 is 0. The van der Waals surface area contributed by atoms with Gasteiger partial charge in [-0.2, -0.15) is 0 Å². The number of nitrogens with two attached hydrogens (primary N) is 1. The SMILES string of the molecule is Cc1cccc(N(CCC(=N)N)C2CC2)n1. The summed E-state index contributed by atoms with van der Waals surface area (Å²) < 4.78 is 0. The summed E-state index contributed by atoms with van der Waals surface area (Å²) in [4.78, 5) is 6.80. The summed E-state index contributed by atoms with van der Waals surface area (Å²) in [5.41, 5.74) is 6.44. The molecule has 1 aromatic heterocycles. The minimum Gasteiger partial charge on any atom is -0.388 e. The third kappa shape index (κ3) is 2.72. The molecular weight excluding hydrogens is 200 g/mol. The number of hydrogen-bond acceptors (Lipinski definition) is 3. The second kappa shape index (κ2) is 4.51. The molecule has 1 saturated carbocycles. The fourth-order valence-corrected chi connectivity index (χ4v) is 1.80. The number of aryl methyl sites for hydroxylation is 1. The van der Waals surface area contributed by atoms with Gasteiger partial charge in [0.25, 0.3) is 0 Å². The Morgan fingerprint density at radius 1 is 1.56 bits per heavy atom. The molecule has 0 atom stereocenters. The number of pyridine rings is 1. The van der Waals surface area contributed by atoms with Crippen LogP contribution in [0.2, 0.25) is 0 Å². The maximum atomic E-state index is 7.28. The molecule has 4 nitrogen and oxygen atoms in total. The van der Waals surface area contributed by atoms with Crippen LogP contribution in [0.4, 0.5) is 5.82 Å². The lowest BCUT2D eigenvalue weighted by atomic mass is 10.3. The van der Waals surface area contributed by atoms with Crippen molar-refractivity contribution in [1.82, 2.24) is 4.98 Å². The number of hydrogen-bond donors (Lipinski definition) is 2. The molecule has 86 valence electrons. The van der Waals surface area contributed by atoms with E-state index in [1.807, 2.05) is 25.1 Å². The maximum Gasteiger partial charge on any atom is 0.129 e. The second-order valence-electron chi connectivity index (χ2n) is 4.34. The molecule has 1 aliphatic rings. The Labute approximate surface area is 96.0 Å². The van der Waals surface area contributed by atoms with Gasteiger partial charge in [0.2, 0.25) is 0 Å². The Hall–Kier alpha value is -1.58. The van der Waals surface area contributed by atoms with Gasteiger partial charge in [0, 0.05) is 24.7 Å². The Bertz CT molecular complexity index is 384. The third-order valence-electron chi connectivity index (χ3n) is 2.78. The second-order valence-corrected chi connectivity index (χ2v) is 4.34. The minimum atomic E-state index is 0.248. The number of anilines is 1. The summed E-state index contributed by atoms with van der Waals surface area (Å²) in [6, 6.07) is 6.67. The highest BCUT2D eigenvalue weighted by Gasteiger charge is 2.29. The molecule has 0 bridgehead atoms. The van der Waals surface area contributed by atoms with Gasteiger partial charge in [-0.1, -0.05) is 6.07 Å². The van der Waals surface area contributed by atoms with Crippen LogP contribution >= 0.6 is 0 Å².